The number of halogens is 1. The van der Waals surface area contributed by atoms with Gasteiger partial charge < -0.3 is 10.2 Å². The molecule has 0 spiro atoms. The van der Waals surface area contributed by atoms with E-state index in [9.17, 15) is 13.7 Å². The Morgan fingerprint density at radius 2 is 2.03 bits per heavy atom. The molecule has 0 aliphatic carbocycles. The van der Waals surface area contributed by atoms with Crippen LogP contribution in [0, 0.1) is 18.3 Å². The molecule has 1 aromatic heterocycles. The van der Waals surface area contributed by atoms with Gasteiger partial charge in [-0.2, -0.15) is 5.26 Å². The van der Waals surface area contributed by atoms with Crippen molar-refractivity contribution in [1.82, 2.24) is 9.97 Å². The molecule has 4 rings (SSSR count). The van der Waals surface area contributed by atoms with Crippen LogP contribution in [0.5, 0.6) is 0 Å². The van der Waals surface area contributed by atoms with Crippen LogP contribution in [0.2, 0.25) is 5.02 Å². The lowest BCUT2D eigenvalue weighted by molar-refractivity contribution is 0.602. The zero-order valence-electron chi connectivity index (χ0n) is 18.5. The zero-order valence-corrected chi connectivity index (χ0v) is 20.0. The number of nitriles is 1. The Kier molecular flexibility index (Phi) is 6.54. The van der Waals surface area contributed by atoms with Gasteiger partial charge in [-0.25, -0.2) is 18.4 Å². The van der Waals surface area contributed by atoms with Crippen LogP contribution in [-0.4, -0.2) is 37.7 Å². The summed E-state index contributed by atoms with van der Waals surface area (Å²) in [6, 6.07) is 13.3. The van der Waals surface area contributed by atoms with Crippen LogP contribution in [0.4, 0.5) is 11.5 Å². The summed E-state index contributed by atoms with van der Waals surface area (Å²) in [7, 11) is -3.39. The Hall–Kier alpha value is -3.15. The molecule has 0 atom stereocenters. The standard InChI is InChI=1S/C24H24ClN5O2S/c1-16-3-6-22(18(11-16)13-26)30-10-8-21-19(14-30)24(29-15-28-21)27-9-7-17-4-5-20(25)23(12-17)33(2,31)32/h3-6,11-12,15H,7-10,14H2,1-2H3,(H,27,28,29). The topological polar surface area (TPSA) is 99.0 Å². The molecule has 33 heavy (non-hydrogen) atoms. The molecule has 3 aromatic rings. The van der Waals surface area contributed by atoms with E-state index in [-0.39, 0.29) is 9.92 Å². The van der Waals surface area contributed by atoms with Crippen molar-refractivity contribution in [2.24, 2.45) is 0 Å². The number of aromatic nitrogens is 2. The second-order valence-corrected chi connectivity index (χ2v) is 10.6. The minimum atomic E-state index is -3.39. The van der Waals surface area contributed by atoms with Crippen molar-refractivity contribution in [2.75, 3.05) is 29.6 Å². The summed E-state index contributed by atoms with van der Waals surface area (Å²) in [5.41, 5.74) is 5.52. The molecule has 7 nitrogen and oxygen atoms in total. The van der Waals surface area contributed by atoms with E-state index in [0.29, 0.717) is 25.1 Å². The second kappa shape index (κ2) is 9.38. The Morgan fingerprint density at radius 1 is 1.21 bits per heavy atom. The van der Waals surface area contributed by atoms with Gasteiger partial charge in [0, 0.05) is 37.9 Å². The maximum absolute atomic E-state index is 11.9. The molecule has 0 unspecified atom stereocenters. The third-order valence-electron chi connectivity index (χ3n) is 5.72. The number of fused-ring (bicyclic) bond motifs is 1. The maximum atomic E-state index is 11.9. The summed E-state index contributed by atoms with van der Waals surface area (Å²) in [6.45, 7) is 3.93. The molecule has 0 bridgehead atoms. The molecule has 2 heterocycles. The number of sulfone groups is 1. The van der Waals surface area contributed by atoms with Crippen LogP contribution in [0.25, 0.3) is 0 Å². The number of aryl methyl sites for hydroxylation is 1. The van der Waals surface area contributed by atoms with Crippen LogP contribution >= 0.6 is 11.6 Å². The van der Waals surface area contributed by atoms with E-state index >= 15 is 0 Å². The quantitative estimate of drug-likeness (QED) is 0.569. The first-order valence-electron chi connectivity index (χ1n) is 10.6. The first kappa shape index (κ1) is 23.0. The Balaban J connectivity index is 1.51. The molecule has 2 aromatic carbocycles. The highest BCUT2D eigenvalue weighted by molar-refractivity contribution is 7.90. The van der Waals surface area contributed by atoms with Crippen molar-refractivity contribution in [3.8, 4) is 6.07 Å². The van der Waals surface area contributed by atoms with E-state index < -0.39 is 9.84 Å². The molecule has 0 saturated carbocycles. The van der Waals surface area contributed by atoms with Crippen LogP contribution < -0.4 is 10.2 Å². The van der Waals surface area contributed by atoms with Crippen LogP contribution in [0.3, 0.4) is 0 Å². The molecule has 1 N–H and O–H groups in total. The smallest absolute Gasteiger partial charge is 0.177 e. The minimum absolute atomic E-state index is 0.142. The lowest BCUT2D eigenvalue weighted by Crippen LogP contribution is -2.32. The highest BCUT2D eigenvalue weighted by Gasteiger charge is 2.23. The van der Waals surface area contributed by atoms with E-state index in [0.717, 1.165) is 53.1 Å². The molecule has 0 saturated heterocycles. The van der Waals surface area contributed by atoms with Crippen molar-refractivity contribution in [3.05, 3.63) is 75.7 Å². The normalized spacial score (nSPS) is 13.3. The van der Waals surface area contributed by atoms with E-state index in [2.05, 4.69) is 26.3 Å². The van der Waals surface area contributed by atoms with Crippen LogP contribution in [-0.2, 0) is 29.2 Å². The van der Waals surface area contributed by atoms with E-state index in [1.165, 1.54) is 0 Å². The summed E-state index contributed by atoms with van der Waals surface area (Å²) < 4.78 is 23.9. The molecule has 9 heteroatoms. The summed E-state index contributed by atoms with van der Waals surface area (Å²) in [5.74, 6) is 0.757. The summed E-state index contributed by atoms with van der Waals surface area (Å²) in [6.07, 6.45) is 4.09. The largest absolute Gasteiger partial charge is 0.369 e. The first-order chi connectivity index (χ1) is 15.8. The summed E-state index contributed by atoms with van der Waals surface area (Å²) >= 11 is 6.05. The van der Waals surface area contributed by atoms with Gasteiger partial charge in [-0.05, 0) is 48.7 Å². The average Bonchev–Trinajstić information content (AvgIpc) is 2.79. The Morgan fingerprint density at radius 3 is 2.79 bits per heavy atom. The van der Waals surface area contributed by atoms with Crippen molar-refractivity contribution in [1.29, 1.82) is 5.26 Å². The predicted molar refractivity (Wildman–Crippen MR) is 129 cm³/mol. The van der Waals surface area contributed by atoms with Gasteiger partial charge in [0.25, 0.3) is 0 Å². The van der Waals surface area contributed by atoms with Gasteiger partial charge in [0.1, 0.15) is 18.2 Å². The molecule has 1 aliphatic rings. The maximum Gasteiger partial charge on any atom is 0.177 e. The fraction of sp³-hybridized carbons (Fsp3) is 0.292. The number of rotatable bonds is 6. The third-order valence-corrected chi connectivity index (χ3v) is 7.29. The minimum Gasteiger partial charge on any atom is -0.369 e. The first-order valence-corrected chi connectivity index (χ1v) is 12.8. The molecular formula is C24H24ClN5O2S. The highest BCUT2D eigenvalue weighted by Crippen LogP contribution is 2.30. The number of hydrogen-bond acceptors (Lipinski definition) is 7. The van der Waals surface area contributed by atoms with Gasteiger partial charge in [0.2, 0.25) is 0 Å². The van der Waals surface area contributed by atoms with Crippen molar-refractivity contribution in [2.45, 2.75) is 31.2 Å². The lowest BCUT2D eigenvalue weighted by atomic mass is 10.0. The van der Waals surface area contributed by atoms with E-state index in [4.69, 9.17) is 11.6 Å². The monoisotopic (exact) mass is 481 g/mol. The van der Waals surface area contributed by atoms with E-state index in [1.54, 1.807) is 18.5 Å². The Labute approximate surface area is 199 Å². The predicted octanol–water partition coefficient (Wildman–Crippen LogP) is 3.93. The van der Waals surface area contributed by atoms with Gasteiger partial charge in [0.05, 0.1) is 26.9 Å². The molecule has 0 radical (unpaired) electrons. The number of hydrogen-bond donors (Lipinski definition) is 1. The van der Waals surface area contributed by atoms with Gasteiger partial charge in [0.15, 0.2) is 9.84 Å². The van der Waals surface area contributed by atoms with Gasteiger partial charge in [-0.15, -0.1) is 0 Å². The molecule has 170 valence electrons. The molecule has 0 fully saturated rings. The summed E-state index contributed by atoms with van der Waals surface area (Å²) in [4.78, 5) is 11.2. The fourth-order valence-corrected chi connectivity index (χ4v) is 5.35. The van der Waals surface area contributed by atoms with Crippen molar-refractivity contribution in [3.63, 3.8) is 0 Å². The fourth-order valence-electron chi connectivity index (χ4n) is 4.03. The van der Waals surface area contributed by atoms with Crippen molar-refractivity contribution < 1.29 is 8.42 Å². The zero-order chi connectivity index (χ0) is 23.6. The Bertz CT molecular complexity index is 1350. The molecule has 1 aliphatic heterocycles. The van der Waals surface area contributed by atoms with Crippen molar-refractivity contribution >= 4 is 32.9 Å². The second-order valence-electron chi connectivity index (χ2n) is 8.17. The lowest BCUT2D eigenvalue weighted by Gasteiger charge is -2.31. The number of benzene rings is 2. The van der Waals surface area contributed by atoms with Crippen LogP contribution in [0.1, 0.15) is 27.9 Å². The van der Waals surface area contributed by atoms with Gasteiger partial charge in [-0.3, -0.25) is 0 Å². The number of nitrogens with one attached hydrogen (secondary N) is 1. The van der Waals surface area contributed by atoms with Crippen LogP contribution in [0.15, 0.2) is 47.6 Å². The third kappa shape index (κ3) is 5.10. The molecular weight excluding hydrogens is 458 g/mol. The SMILES string of the molecule is Cc1ccc(N2CCc3ncnc(NCCc4ccc(Cl)c(S(C)(=O)=O)c4)c3C2)c(C#N)c1. The highest BCUT2D eigenvalue weighted by atomic mass is 35.5. The van der Waals surface area contributed by atoms with Gasteiger partial charge >= 0.3 is 0 Å². The van der Waals surface area contributed by atoms with Gasteiger partial charge in [-0.1, -0.05) is 23.7 Å². The summed E-state index contributed by atoms with van der Waals surface area (Å²) in [5, 5.41) is 13.2. The average molecular weight is 482 g/mol. The number of nitrogens with zero attached hydrogens (tertiary/aromatic N) is 4. The molecule has 0 amide bonds. The van der Waals surface area contributed by atoms with E-state index in [1.807, 2.05) is 31.2 Å². The number of anilines is 2.